The van der Waals surface area contributed by atoms with E-state index in [2.05, 4.69) is 0 Å². The summed E-state index contributed by atoms with van der Waals surface area (Å²) in [6, 6.07) is 0. The fourth-order valence-corrected chi connectivity index (χ4v) is 1.85. The summed E-state index contributed by atoms with van der Waals surface area (Å²) in [5.74, 6) is 0.528. The van der Waals surface area contributed by atoms with E-state index >= 15 is 0 Å². The van der Waals surface area contributed by atoms with Crippen LogP contribution >= 0.6 is 12.2 Å². The number of thiocarbonyl (C=S) groups is 1. The fraction of sp³-hybridized carbons (Fsp3) is 0.667. The lowest BCUT2D eigenvalue weighted by Crippen LogP contribution is -2.18. The molecule has 0 amide bonds. The minimum Gasteiger partial charge on any atom is -0.402 e. The van der Waals surface area contributed by atoms with Gasteiger partial charge in [-0.1, -0.05) is 31.5 Å². The Kier molecular flexibility index (Phi) is 3.53. The Hall–Kier alpha value is -0.570. The van der Waals surface area contributed by atoms with Gasteiger partial charge in [-0.3, -0.25) is 0 Å². The maximum Gasteiger partial charge on any atom is 0.0979 e. The van der Waals surface area contributed by atoms with Crippen molar-refractivity contribution in [2.24, 2.45) is 17.4 Å². The van der Waals surface area contributed by atoms with Gasteiger partial charge in [0.2, 0.25) is 0 Å². The molecule has 1 fully saturated rings. The molecule has 0 aromatic carbocycles. The summed E-state index contributed by atoms with van der Waals surface area (Å²) in [7, 11) is 0. The normalized spacial score (nSPS) is 20.8. The highest BCUT2D eigenvalue weighted by Gasteiger charge is 2.15. The summed E-state index contributed by atoms with van der Waals surface area (Å²) in [6.07, 6.45) is 8.05. The second-order valence-corrected chi connectivity index (χ2v) is 3.85. The van der Waals surface area contributed by atoms with E-state index in [-0.39, 0.29) is 0 Å². The molecule has 3 heteroatoms. The summed E-state index contributed by atoms with van der Waals surface area (Å²) in [4.78, 5) is 0.401. The van der Waals surface area contributed by atoms with E-state index in [0.29, 0.717) is 10.9 Å². The molecule has 0 bridgehead atoms. The summed E-state index contributed by atoms with van der Waals surface area (Å²) in [5, 5.41) is 0. The third-order valence-electron chi connectivity index (χ3n) is 2.39. The van der Waals surface area contributed by atoms with E-state index in [0.717, 1.165) is 5.70 Å². The van der Waals surface area contributed by atoms with Crippen molar-refractivity contribution in [1.29, 1.82) is 0 Å². The summed E-state index contributed by atoms with van der Waals surface area (Å²) >= 11 is 4.76. The number of hydrogen-bond donors (Lipinski definition) is 2. The largest absolute Gasteiger partial charge is 0.402 e. The Morgan fingerprint density at radius 3 is 2.25 bits per heavy atom. The Labute approximate surface area is 79.0 Å². The maximum absolute atomic E-state index is 5.84. The van der Waals surface area contributed by atoms with Gasteiger partial charge in [0.1, 0.15) is 0 Å². The molecule has 0 atom stereocenters. The highest BCUT2D eigenvalue weighted by atomic mass is 32.1. The minimum absolute atomic E-state index is 0.401. The molecule has 0 spiro atoms. The van der Waals surface area contributed by atoms with Crippen LogP contribution in [0.3, 0.4) is 0 Å². The molecule has 1 aliphatic carbocycles. The quantitative estimate of drug-likeness (QED) is 0.507. The first-order valence-electron chi connectivity index (χ1n) is 4.46. The van der Waals surface area contributed by atoms with Crippen molar-refractivity contribution in [1.82, 2.24) is 0 Å². The molecule has 1 saturated carbocycles. The molecule has 12 heavy (non-hydrogen) atoms. The molecule has 0 radical (unpaired) electrons. The van der Waals surface area contributed by atoms with Gasteiger partial charge < -0.3 is 11.5 Å². The third kappa shape index (κ3) is 2.81. The van der Waals surface area contributed by atoms with Crippen molar-refractivity contribution in [2.45, 2.75) is 32.1 Å². The zero-order chi connectivity index (χ0) is 8.97. The third-order valence-corrected chi connectivity index (χ3v) is 2.50. The molecule has 68 valence electrons. The Bertz CT molecular complexity index is 193. The molecule has 4 N–H and O–H groups in total. The summed E-state index contributed by atoms with van der Waals surface area (Å²) < 4.78 is 0. The highest BCUT2D eigenvalue weighted by molar-refractivity contribution is 7.80. The van der Waals surface area contributed by atoms with Crippen LogP contribution < -0.4 is 11.5 Å². The molecule has 1 aliphatic rings. The van der Waals surface area contributed by atoms with Gasteiger partial charge in [0.05, 0.1) is 4.99 Å². The second-order valence-electron chi connectivity index (χ2n) is 3.38. The molecule has 0 saturated heterocycles. The van der Waals surface area contributed by atoms with Crippen LogP contribution in [0.4, 0.5) is 0 Å². The zero-order valence-electron chi connectivity index (χ0n) is 7.25. The standard InChI is InChI=1S/C9H16N2S/c10-8(6-9(11)12)7-4-2-1-3-5-7/h6-7H,1-5,10H2,(H2,11,12). The number of allylic oxidation sites excluding steroid dienone is 1. The Morgan fingerprint density at radius 1 is 1.17 bits per heavy atom. The van der Waals surface area contributed by atoms with E-state index in [1.54, 1.807) is 6.08 Å². The van der Waals surface area contributed by atoms with Gasteiger partial charge in [0.25, 0.3) is 0 Å². The SMILES string of the molecule is NC(=S)C=C(N)C1CCCCC1. The average molecular weight is 184 g/mol. The van der Waals surface area contributed by atoms with E-state index in [9.17, 15) is 0 Å². The van der Waals surface area contributed by atoms with Crippen molar-refractivity contribution < 1.29 is 0 Å². The van der Waals surface area contributed by atoms with E-state index < -0.39 is 0 Å². The molecule has 2 nitrogen and oxygen atoms in total. The lowest BCUT2D eigenvalue weighted by Gasteiger charge is -2.21. The van der Waals surface area contributed by atoms with Gasteiger partial charge in [-0.2, -0.15) is 0 Å². The number of hydrogen-bond acceptors (Lipinski definition) is 2. The van der Waals surface area contributed by atoms with Gasteiger partial charge in [0.15, 0.2) is 0 Å². The molecular weight excluding hydrogens is 168 g/mol. The number of nitrogens with two attached hydrogens (primary N) is 2. The van der Waals surface area contributed by atoms with Gasteiger partial charge in [-0.25, -0.2) is 0 Å². The lowest BCUT2D eigenvalue weighted by atomic mass is 9.87. The van der Waals surface area contributed by atoms with Gasteiger partial charge in [-0.05, 0) is 24.8 Å². The predicted octanol–water partition coefficient (Wildman–Crippen LogP) is 1.70. The van der Waals surface area contributed by atoms with Crippen molar-refractivity contribution >= 4 is 17.2 Å². The molecule has 0 aromatic heterocycles. The van der Waals surface area contributed by atoms with Gasteiger partial charge >= 0.3 is 0 Å². The van der Waals surface area contributed by atoms with Crippen LogP contribution in [0.25, 0.3) is 0 Å². The van der Waals surface area contributed by atoms with Crippen LogP contribution in [-0.2, 0) is 0 Å². The molecule has 0 unspecified atom stereocenters. The molecule has 1 rings (SSSR count). The van der Waals surface area contributed by atoms with Gasteiger partial charge in [-0.15, -0.1) is 0 Å². The molecular formula is C9H16N2S. The minimum atomic E-state index is 0.401. The first-order chi connectivity index (χ1) is 5.70. The monoisotopic (exact) mass is 184 g/mol. The maximum atomic E-state index is 5.84. The zero-order valence-corrected chi connectivity index (χ0v) is 8.07. The van der Waals surface area contributed by atoms with Crippen molar-refractivity contribution in [3.63, 3.8) is 0 Å². The Balaban J connectivity index is 2.49. The van der Waals surface area contributed by atoms with Crippen LogP contribution in [-0.4, -0.2) is 4.99 Å². The Morgan fingerprint density at radius 2 is 1.75 bits per heavy atom. The smallest absolute Gasteiger partial charge is 0.0979 e. The van der Waals surface area contributed by atoms with Crippen LogP contribution in [0.1, 0.15) is 32.1 Å². The van der Waals surface area contributed by atoms with Crippen molar-refractivity contribution in [2.75, 3.05) is 0 Å². The van der Waals surface area contributed by atoms with Crippen LogP contribution in [0, 0.1) is 5.92 Å². The highest BCUT2D eigenvalue weighted by Crippen LogP contribution is 2.27. The number of rotatable bonds is 2. The van der Waals surface area contributed by atoms with Crippen LogP contribution in [0.5, 0.6) is 0 Å². The van der Waals surface area contributed by atoms with Crippen LogP contribution in [0.2, 0.25) is 0 Å². The molecule has 0 heterocycles. The van der Waals surface area contributed by atoms with Crippen LogP contribution in [0.15, 0.2) is 11.8 Å². The molecule has 0 aromatic rings. The van der Waals surface area contributed by atoms with E-state index in [4.69, 9.17) is 23.7 Å². The lowest BCUT2D eigenvalue weighted by molar-refractivity contribution is 0.400. The van der Waals surface area contributed by atoms with Crippen molar-refractivity contribution in [3.8, 4) is 0 Å². The molecule has 0 aliphatic heterocycles. The van der Waals surface area contributed by atoms with E-state index in [1.165, 1.54) is 32.1 Å². The average Bonchev–Trinajstić information content (AvgIpc) is 2.05. The van der Waals surface area contributed by atoms with Crippen molar-refractivity contribution in [3.05, 3.63) is 11.8 Å². The summed E-state index contributed by atoms with van der Waals surface area (Å²) in [6.45, 7) is 0. The predicted molar refractivity (Wildman–Crippen MR) is 55.6 cm³/mol. The first kappa shape index (κ1) is 9.52. The summed E-state index contributed by atoms with van der Waals surface area (Å²) in [5.41, 5.74) is 12.1. The second kappa shape index (κ2) is 4.45. The van der Waals surface area contributed by atoms with E-state index in [1.807, 2.05) is 0 Å². The first-order valence-corrected chi connectivity index (χ1v) is 4.87. The fourth-order valence-electron chi connectivity index (χ4n) is 1.72. The van der Waals surface area contributed by atoms with Gasteiger partial charge in [0, 0.05) is 5.70 Å². The topological polar surface area (TPSA) is 52.0 Å².